The number of hydrogen-bond acceptors (Lipinski definition) is 3. The van der Waals surface area contributed by atoms with E-state index in [1.54, 1.807) is 48.5 Å². The van der Waals surface area contributed by atoms with Crippen LogP contribution >= 0.6 is 11.6 Å². The van der Waals surface area contributed by atoms with Crippen LogP contribution in [0.15, 0.2) is 48.5 Å². The quantitative estimate of drug-likeness (QED) is 0.627. The molecule has 0 amide bonds. The van der Waals surface area contributed by atoms with Crippen molar-refractivity contribution >= 4 is 17.6 Å². The molecule has 0 aliphatic heterocycles. The summed E-state index contributed by atoms with van der Waals surface area (Å²) < 4.78 is 10.4. The molecule has 2 aromatic rings. The number of ether oxygens (including phenoxy) is 2. The fraction of sp³-hybridized carbons (Fsp3) is 0.0714. The Bertz CT molecular complexity index is 566. The number of methoxy groups -OCH3 is 1. The minimum absolute atomic E-state index is 0.324. The largest absolute Gasteiger partial charge is 0.493 e. The third-order valence-electron chi connectivity index (χ3n) is 2.37. The van der Waals surface area contributed by atoms with E-state index >= 15 is 0 Å². The van der Waals surface area contributed by atoms with Crippen molar-refractivity contribution < 1.29 is 14.3 Å². The zero-order valence-electron chi connectivity index (χ0n) is 9.72. The fourth-order valence-electron chi connectivity index (χ4n) is 1.48. The zero-order chi connectivity index (χ0) is 13.0. The van der Waals surface area contributed by atoms with Crippen LogP contribution in [0, 0.1) is 0 Å². The average Bonchev–Trinajstić information content (AvgIpc) is 2.39. The van der Waals surface area contributed by atoms with Crippen molar-refractivity contribution in [2.24, 2.45) is 0 Å². The van der Waals surface area contributed by atoms with Gasteiger partial charge < -0.3 is 9.47 Å². The smallest absolute Gasteiger partial charge is 0.345 e. The first-order chi connectivity index (χ1) is 8.72. The van der Waals surface area contributed by atoms with Gasteiger partial charge >= 0.3 is 5.97 Å². The summed E-state index contributed by atoms with van der Waals surface area (Å²) in [5.41, 5.74) is 0.324. The van der Waals surface area contributed by atoms with E-state index in [-0.39, 0.29) is 0 Å². The number of esters is 1. The van der Waals surface area contributed by atoms with Gasteiger partial charge in [-0.2, -0.15) is 0 Å². The van der Waals surface area contributed by atoms with Gasteiger partial charge in [-0.05, 0) is 24.3 Å². The number of para-hydroxylation sites is 2. The highest BCUT2D eigenvalue weighted by atomic mass is 35.5. The molecule has 0 radical (unpaired) electrons. The zero-order valence-corrected chi connectivity index (χ0v) is 10.5. The Morgan fingerprint density at radius 2 is 1.61 bits per heavy atom. The number of rotatable bonds is 3. The highest BCUT2D eigenvalue weighted by Gasteiger charge is 2.14. The molecule has 0 fully saturated rings. The second-order valence-corrected chi connectivity index (χ2v) is 3.93. The number of carbonyl (C=O) groups is 1. The molecule has 0 aliphatic rings. The molecule has 0 aliphatic carbocycles. The SMILES string of the molecule is COc1ccccc1OC(=O)c1ccccc1Cl. The summed E-state index contributed by atoms with van der Waals surface area (Å²) in [6, 6.07) is 13.7. The molecule has 4 heteroatoms. The van der Waals surface area contributed by atoms with E-state index in [1.165, 1.54) is 7.11 Å². The van der Waals surface area contributed by atoms with E-state index in [1.807, 2.05) is 0 Å². The van der Waals surface area contributed by atoms with Crippen LogP contribution < -0.4 is 9.47 Å². The number of hydrogen-bond donors (Lipinski definition) is 0. The van der Waals surface area contributed by atoms with Gasteiger partial charge in [0.15, 0.2) is 11.5 Å². The molecule has 0 bridgehead atoms. The van der Waals surface area contributed by atoms with Gasteiger partial charge in [0.2, 0.25) is 0 Å². The second-order valence-electron chi connectivity index (χ2n) is 3.52. The predicted octanol–water partition coefficient (Wildman–Crippen LogP) is 3.57. The molecule has 92 valence electrons. The van der Waals surface area contributed by atoms with E-state index in [2.05, 4.69) is 0 Å². The summed E-state index contributed by atoms with van der Waals surface area (Å²) in [6.07, 6.45) is 0. The Labute approximate surface area is 110 Å². The Morgan fingerprint density at radius 1 is 1.00 bits per heavy atom. The Kier molecular flexibility index (Phi) is 3.85. The summed E-state index contributed by atoms with van der Waals surface area (Å²) >= 11 is 5.93. The van der Waals surface area contributed by atoms with Crippen LogP contribution in [0.5, 0.6) is 11.5 Å². The van der Waals surface area contributed by atoms with E-state index in [4.69, 9.17) is 21.1 Å². The highest BCUT2D eigenvalue weighted by Crippen LogP contribution is 2.27. The van der Waals surface area contributed by atoms with Crippen molar-refractivity contribution in [1.82, 2.24) is 0 Å². The van der Waals surface area contributed by atoms with Crippen LogP contribution in [0.25, 0.3) is 0 Å². The first-order valence-electron chi connectivity index (χ1n) is 5.32. The topological polar surface area (TPSA) is 35.5 Å². The van der Waals surface area contributed by atoms with Gasteiger partial charge in [-0.25, -0.2) is 4.79 Å². The van der Waals surface area contributed by atoms with Crippen LogP contribution in [0.3, 0.4) is 0 Å². The normalized spacial score (nSPS) is 9.89. The van der Waals surface area contributed by atoms with Crippen LogP contribution in [-0.2, 0) is 0 Å². The van der Waals surface area contributed by atoms with E-state index < -0.39 is 5.97 Å². The molecule has 0 spiro atoms. The van der Waals surface area contributed by atoms with Gasteiger partial charge in [0.1, 0.15) is 0 Å². The third kappa shape index (κ3) is 2.63. The molecular formula is C14H11ClO3. The van der Waals surface area contributed by atoms with Gasteiger partial charge in [0.25, 0.3) is 0 Å². The highest BCUT2D eigenvalue weighted by molar-refractivity contribution is 6.33. The van der Waals surface area contributed by atoms with E-state index in [9.17, 15) is 4.79 Å². The molecule has 0 saturated carbocycles. The minimum Gasteiger partial charge on any atom is -0.493 e. The maximum Gasteiger partial charge on any atom is 0.345 e. The molecule has 2 rings (SSSR count). The molecular weight excluding hydrogens is 252 g/mol. The molecule has 0 saturated heterocycles. The van der Waals surface area contributed by atoms with Crippen molar-refractivity contribution in [3.63, 3.8) is 0 Å². The van der Waals surface area contributed by atoms with Crippen LogP contribution in [-0.4, -0.2) is 13.1 Å². The molecule has 0 aromatic heterocycles. The molecule has 18 heavy (non-hydrogen) atoms. The maximum absolute atomic E-state index is 11.9. The van der Waals surface area contributed by atoms with Crippen LogP contribution in [0.1, 0.15) is 10.4 Å². The van der Waals surface area contributed by atoms with Gasteiger partial charge in [-0.3, -0.25) is 0 Å². The van der Waals surface area contributed by atoms with Gasteiger partial charge in [0, 0.05) is 0 Å². The summed E-state index contributed by atoms with van der Waals surface area (Å²) in [6.45, 7) is 0. The number of carbonyl (C=O) groups excluding carboxylic acids is 1. The number of halogens is 1. The summed E-state index contributed by atoms with van der Waals surface area (Å²) in [5.74, 6) is 0.355. The Balaban J connectivity index is 2.24. The molecule has 3 nitrogen and oxygen atoms in total. The standard InChI is InChI=1S/C14H11ClO3/c1-17-12-8-4-5-9-13(12)18-14(16)10-6-2-3-7-11(10)15/h2-9H,1H3. The Morgan fingerprint density at radius 3 is 2.28 bits per heavy atom. The fourth-order valence-corrected chi connectivity index (χ4v) is 1.70. The van der Waals surface area contributed by atoms with Gasteiger partial charge in [-0.15, -0.1) is 0 Å². The van der Waals surface area contributed by atoms with Crippen LogP contribution in [0.2, 0.25) is 5.02 Å². The maximum atomic E-state index is 11.9. The van der Waals surface area contributed by atoms with Crippen molar-refractivity contribution in [1.29, 1.82) is 0 Å². The molecule has 2 aromatic carbocycles. The lowest BCUT2D eigenvalue weighted by atomic mass is 10.2. The van der Waals surface area contributed by atoms with E-state index in [0.29, 0.717) is 22.1 Å². The summed E-state index contributed by atoms with van der Waals surface area (Å²) in [5, 5.41) is 0.359. The van der Waals surface area contributed by atoms with Gasteiger partial charge in [0.05, 0.1) is 17.7 Å². The average molecular weight is 263 g/mol. The van der Waals surface area contributed by atoms with Crippen molar-refractivity contribution in [2.45, 2.75) is 0 Å². The lowest BCUT2D eigenvalue weighted by molar-refractivity contribution is 0.0730. The summed E-state index contributed by atoms with van der Waals surface area (Å²) in [7, 11) is 1.52. The first kappa shape index (κ1) is 12.5. The molecule has 0 atom stereocenters. The van der Waals surface area contributed by atoms with Crippen molar-refractivity contribution in [3.8, 4) is 11.5 Å². The van der Waals surface area contributed by atoms with Crippen molar-refractivity contribution in [2.75, 3.05) is 7.11 Å². The van der Waals surface area contributed by atoms with E-state index in [0.717, 1.165) is 0 Å². The minimum atomic E-state index is -0.509. The monoisotopic (exact) mass is 262 g/mol. The second kappa shape index (κ2) is 5.56. The molecule has 0 N–H and O–H groups in total. The van der Waals surface area contributed by atoms with Crippen molar-refractivity contribution in [3.05, 3.63) is 59.1 Å². The van der Waals surface area contributed by atoms with Gasteiger partial charge in [-0.1, -0.05) is 35.9 Å². The molecule has 0 heterocycles. The predicted molar refractivity (Wildman–Crippen MR) is 69.4 cm³/mol. The third-order valence-corrected chi connectivity index (χ3v) is 2.70. The summed E-state index contributed by atoms with van der Waals surface area (Å²) in [4.78, 5) is 11.9. The lowest BCUT2D eigenvalue weighted by Crippen LogP contribution is -2.09. The first-order valence-corrected chi connectivity index (χ1v) is 5.70. The Hall–Kier alpha value is -2.00. The number of benzene rings is 2. The molecule has 0 unspecified atom stereocenters. The lowest BCUT2D eigenvalue weighted by Gasteiger charge is -2.09. The van der Waals surface area contributed by atoms with Crippen LogP contribution in [0.4, 0.5) is 0 Å².